The molecule has 0 bridgehead atoms. The predicted octanol–water partition coefficient (Wildman–Crippen LogP) is 0.786. The summed E-state index contributed by atoms with van der Waals surface area (Å²) in [5.74, 6) is 0. The van der Waals surface area contributed by atoms with Crippen molar-refractivity contribution in [3.05, 3.63) is 25.3 Å². The molecule has 0 atom stereocenters. The van der Waals surface area contributed by atoms with Gasteiger partial charge in [-0.3, -0.25) is 0 Å². The van der Waals surface area contributed by atoms with E-state index in [0.29, 0.717) is 0 Å². The van der Waals surface area contributed by atoms with Gasteiger partial charge in [-0.05, 0) is 6.42 Å². The molecule has 0 aliphatic carbocycles. The third kappa shape index (κ3) is 2.77. The lowest BCUT2D eigenvalue weighted by Crippen LogP contribution is -2.55. The molecule has 68 valence electrons. The fourth-order valence-corrected chi connectivity index (χ4v) is 1.08. The average Bonchev–Trinajstić information content (AvgIpc) is 1.97. The number of rotatable bonds is 6. The van der Waals surface area contributed by atoms with Gasteiger partial charge in [0, 0.05) is 26.2 Å². The van der Waals surface area contributed by atoms with Crippen molar-refractivity contribution in [1.82, 2.24) is 15.6 Å². The first-order chi connectivity index (χ1) is 5.86. The normalized spacial score (nSPS) is 17.4. The minimum Gasteiger partial charge on any atom is -0.231 e. The lowest BCUT2D eigenvalue weighted by atomic mass is 10.3. The van der Waals surface area contributed by atoms with Crippen molar-refractivity contribution in [3.8, 4) is 0 Å². The van der Waals surface area contributed by atoms with Gasteiger partial charge in [0.25, 0.3) is 0 Å². The lowest BCUT2D eigenvalue weighted by molar-refractivity contribution is -0.00491. The van der Waals surface area contributed by atoms with Crippen molar-refractivity contribution in [3.63, 3.8) is 0 Å². The first kappa shape index (κ1) is 9.45. The van der Waals surface area contributed by atoms with Gasteiger partial charge in [-0.25, -0.2) is 10.0 Å². The van der Waals surface area contributed by atoms with Crippen LogP contribution in [0.4, 0.5) is 0 Å². The largest absolute Gasteiger partial charge is 0.231 e. The maximum Gasteiger partial charge on any atom is 0.0326 e. The maximum absolute atomic E-state index is 3.70. The van der Waals surface area contributed by atoms with Gasteiger partial charge in [-0.15, -0.1) is 13.2 Å². The van der Waals surface area contributed by atoms with Gasteiger partial charge in [0.15, 0.2) is 0 Å². The van der Waals surface area contributed by atoms with Gasteiger partial charge in [0.1, 0.15) is 0 Å². The number of hydrogen-bond acceptors (Lipinski definition) is 3. The quantitative estimate of drug-likeness (QED) is 0.466. The van der Waals surface area contributed by atoms with Crippen LogP contribution in [0, 0.1) is 0 Å². The molecule has 0 spiro atoms. The van der Waals surface area contributed by atoms with E-state index in [-0.39, 0.29) is 0 Å². The first-order valence-electron chi connectivity index (χ1n) is 4.35. The van der Waals surface area contributed by atoms with Crippen molar-refractivity contribution < 1.29 is 0 Å². The van der Waals surface area contributed by atoms with Crippen molar-refractivity contribution in [2.45, 2.75) is 6.42 Å². The van der Waals surface area contributed by atoms with E-state index in [4.69, 9.17) is 0 Å². The molecule has 3 nitrogen and oxygen atoms in total. The molecule has 1 saturated heterocycles. The molecule has 0 aromatic carbocycles. The standard InChI is InChI=1S/C9H17N3/c1-3-6-11(7-4-2)10-12-8-5-9-12/h3-4,10H,1-2,5-9H2. The summed E-state index contributed by atoms with van der Waals surface area (Å²) in [7, 11) is 0. The predicted molar refractivity (Wildman–Crippen MR) is 51.3 cm³/mol. The Labute approximate surface area is 74.3 Å². The molecule has 1 heterocycles. The number of nitrogens with one attached hydrogen (secondary N) is 1. The van der Waals surface area contributed by atoms with E-state index in [9.17, 15) is 0 Å². The second-order valence-corrected chi connectivity index (χ2v) is 2.92. The molecule has 12 heavy (non-hydrogen) atoms. The Bertz CT molecular complexity index is 142. The zero-order valence-corrected chi connectivity index (χ0v) is 7.50. The van der Waals surface area contributed by atoms with Gasteiger partial charge in [0.2, 0.25) is 0 Å². The molecular formula is C9H17N3. The van der Waals surface area contributed by atoms with Crippen LogP contribution in [-0.4, -0.2) is 36.2 Å². The third-order valence-electron chi connectivity index (χ3n) is 1.84. The van der Waals surface area contributed by atoms with E-state index in [0.717, 1.165) is 26.2 Å². The van der Waals surface area contributed by atoms with E-state index < -0.39 is 0 Å². The third-order valence-corrected chi connectivity index (χ3v) is 1.84. The molecule has 1 fully saturated rings. The summed E-state index contributed by atoms with van der Waals surface area (Å²) in [4.78, 5) is 0. The fourth-order valence-electron chi connectivity index (χ4n) is 1.08. The molecule has 0 unspecified atom stereocenters. The van der Waals surface area contributed by atoms with Gasteiger partial charge in [-0.2, -0.15) is 5.53 Å². The Morgan fingerprint density at radius 3 is 2.17 bits per heavy atom. The monoisotopic (exact) mass is 167 g/mol. The lowest BCUT2D eigenvalue weighted by Gasteiger charge is -2.35. The average molecular weight is 167 g/mol. The molecule has 0 amide bonds. The van der Waals surface area contributed by atoms with Crippen molar-refractivity contribution in [2.75, 3.05) is 26.2 Å². The summed E-state index contributed by atoms with van der Waals surface area (Å²) in [6, 6.07) is 0. The minimum absolute atomic E-state index is 0.850. The van der Waals surface area contributed by atoms with E-state index >= 15 is 0 Å². The Balaban J connectivity index is 2.20. The van der Waals surface area contributed by atoms with Crippen LogP contribution in [0.15, 0.2) is 25.3 Å². The van der Waals surface area contributed by atoms with Gasteiger partial charge < -0.3 is 0 Å². The molecule has 3 heteroatoms. The van der Waals surface area contributed by atoms with E-state index in [1.165, 1.54) is 6.42 Å². The molecule has 1 N–H and O–H groups in total. The highest BCUT2D eigenvalue weighted by atomic mass is 15.8. The Morgan fingerprint density at radius 1 is 1.25 bits per heavy atom. The molecule has 0 saturated carbocycles. The van der Waals surface area contributed by atoms with Crippen LogP contribution in [0.25, 0.3) is 0 Å². The summed E-state index contributed by atoms with van der Waals surface area (Å²) < 4.78 is 0. The molecular weight excluding hydrogens is 150 g/mol. The van der Waals surface area contributed by atoms with Crippen LogP contribution < -0.4 is 5.53 Å². The fraction of sp³-hybridized carbons (Fsp3) is 0.556. The highest BCUT2D eigenvalue weighted by molar-refractivity contribution is 4.78. The van der Waals surface area contributed by atoms with Crippen LogP contribution in [0.5, 0.6) is 0 Å². The van der Waals surface area contributed by atoms with E-state index in [2.05, 4.69) is 28.7 Å². The molecule has 0 aromatic rings. The summed E-state index contributed by atoms with van der Waals surface area (Å²) >= 11 is 0. The summed E-state index contributed by atoms with van der Waals surface area (Å²) in [5.41, 5.74) is 3.28. The van der Waals surface area contributed by atoms with Crippen LogP contribution in [0.1, 0.15) is 6.42 Å². The van der Waals surface area contributed by atoms with Crippen molar-refractivity contribution in [1.29, 1.82) is 0 Å². The SMILES string of the molecule is C=CCN(CC=C)NN1CCC1. The zero-order chi connectivity index (χ0) is 8.81. The highest BCUT2D eigenvalue weighted by Gasteiger charge is 2.14. The highest BCUT2D eigenvalue weighted by Crippen LogP contribution is 2.01. The number of hydrogen-bond donors (Lipinski definition) is 1. The molecule has 1 rings (SSSR count). The Kier molecular flexibility index (Phi) is 4.00. The topological polar surface area (TPSA) is 18.5 Å². The van der Waals surface area contributed by atoms with Crippen LogP contribution in [0.2, 0.25) is 0 Å². The minimum atomic E-state index is 0.850. The second-order valence-electron chi connectivity index (χ2n) is 2.92. The van der Waals surface area contributed by atoms with Crippen LogP contribution in [0.3, 0.4) is 0 Å². The van der Waals surface area contributed by atoms with Gasteiger partial charge in [-0.1, -0.05) is 12.2 Å². The Hall–Kier alpha value is -0.640. The van der Waals surface area contributed by atoms with Crippen molar-refractivity contribution in [2.24, 2.45) is 0 Å². The first-order valence-corrected chi connectivity index (χ1v) is 4.35. The van der Waals surface area contributed by atoms with Gasteiger partial charge in [0.05, 0.1) is 0 Å². The summed E-state index contributed by atoms with van der Waals surface area (Å²) in [6.45, 7) is 11.4. The Morgan fingerprint density at radius 2 is 1.83 bits per heavy atom. The van der Waals surface area contributed by atoms with E-state index in [1.54, 1.807) is 0 Å². The van der Waals surface area contributed by atoms with Crippen LogP contribution >= 0.6 is 0 Å². The van der Waals surface area contributed by atoms with E-state index in [1.807, 2.05) is 12.2 Å². The smallest absolute Gasteiger partial charge is 0.0326 e. The molecule has 0 aromatic heterocycles. The zero-order valence-electron chi connectivity index (χ0n) is 7.50. The molecule has 0 radical (unpaired) electrons. The summed E-state index contributed by atoms with van der Waals surface area (Å²) in [6.07, 6.45) is 5.07. The molecule has 1 aliphatic heterocycles. The van der Waals surface area contributed by atoms with Crippen molar-refractivity contribution >= 4 is 0 Å². The number of nitrogens with zero attached hydrogens (tertiary/aromatic N) is 2. The number of hydrazine groups is 2. The maximum atomic E-state index is 3.70. The van der Waals surface area contributed by atoms with Gasteiger partial charge >= 0.3 is 0 Å². The van der Waals surface area contributed by atoms with Crippen LogP contribution in [-0.2, 0) is 0 Å². The molecule has 1 aliphatic rings. The summed E-state index contributed by atoms with van der Waals surface area (Å²) in [5, 5.41) is 4.27. The second kappa shape index (κ2) is 5.09.